The van der Waals surface area contributed by atoms with Crippen molar-refractivity contribution in [3.8, 4) is 5.75 Å². The van der Waals surface area contributed by atoms with E-state index < -0.39 is 0 Å². The van der Waals surface area contributed by atoms with Gasteiger partial charge in [-0.15, -0.1) is 0 Å². The molecule has 0 fully saturated rings. The summed E-state index contributed by atoms with van der Waals surface area (Å²) in [5.74, 6) is 2.90. The van der Waals surface area contributed by atoms with Crippen LogP contribution >= 0.6 is 0 Å². The van der Waals surface area contributed by atoms with E-state index in [2.05, 4.69) is 54.3 Å². The van der Waals surface area contributed by atoms with Crippen LogP contribution in [0.4, 0.5) is 17.3 Å². The molecule has 3 aromatic rings. The number of hydrogen-bond acceptors (Lipinski definition) is 3. The first-order valence-corrected chi connectivity index (χ1v) is 9.73. The molecule has 0 saturated heterocycles. The van der Waals surface area contributed by atoms with E-state index >= 15 is 0 Å². The molecule has 123 valence electrons. The molecule has 0 bridgehead atoms. The van der Waals surface area contributed by atoms with Crippen LogP contribution in [0.25, 0.3) is 0 Å². The van der Waals surface area contributed by atoms with Crippen molar-refractivity contribution >= 4 is 37.2 Å². The smallest absolute Gasteiger partial charge is 0.491 e. The number of rotatable bonds is 1. The minimum atomic E-state index is 0.625. The quantitative estimate of drug-likeness (QED) is 0.492. The van der Waals surface area contributed by atoms with Gasteiger partial charge in [-0.2, -0.15) is 0 Å². The van der Waals surface area contributed by atoms with Crippen LogP contribution in [0.2, 0.25) is 0 Å². The van der Waals surface area contributed by atoms with E-state index in [1.165, 1.54) is 27.2 Å². The van der Waals surface area contributed by atoms with E-state index in [-0.39, 0.29) is 0 Å². The van der Waals surface area contributed by atoms with Gasteiger partial charge in [-0.05, 0) is 56.0 Å². The number of para-hydroxylation sites is 1. The fraction of sp³-hybridized carbons (Fsp3) is 0.238. The maximum atomic E-state index is 6.13. The van der Waals surface area contributed by atoms with E-state index in [1.807, 2.05) is 6.92 Å². The van der Waals surface area contributed by atoms with Crippen molar-refractivity contribution in [2.24, 2.45) is 0 Å². The van der Waals surface area contributed by atoms with Gasteiger partial charge in [0.2, 0.25) is 5.88 Å². The van der Waals surface area contributed by atoms with Crippen LogP contribution in [0.15, 0.2) is 46.9 Å². The normalized spacial score (nSPS) is 14.9. The summed E-state index contributed by atoms with van der Waals surface area (Å²) in [5.41, 5.74) is 4.87. The molecule has 1 aromatic heterocycles. The van der Waals surface area contributed by atoms with Gasteiger partial charge in [0.1, 0.15) is 11.5 Å². The molecule has 0 spiro atoms. The SMILES string of the molecule is Cc1ccc2c(c1)[Si+]c1cc(C)oc1N2c1cccc2c1OCCC2. The highest BCUT2D eigenvalue weighted by Crippen LogP contribution is 2.43. The second-order valence-electron chi connectivity index (χ2n) is 6.77. The third-order valence-electron chi connectivity index (χ3n) is 4.85. The molecule has 0 saturated carbocycles. The molecule has 0 N–H and O–H groups in total. The Morgan fingerprint density at radius 1 is 1.00 bits per heavy atom. The second-order valence-corrected chi connectivity index (χ2v) is 8.10. The summed E-state index contributed by atoms with van der Waals surface area (Å²) in [6.45, 7) is 4.96. The Morgan fingerprint density at radius 3 is 2.84 bits per heavy atom. The summed E-state index contributed by atoms with van der Waals surface area (Å²) in [4.78, 5) is 2.25. The van der Waals surface area contributed by atoms with Gasteiger partial charge in [-0.25, -0.2) is 0 Å². The maximum absolute atomic E-state index is 6.13. The highest BCUT2D eigenvalue weighted by atomic mass is 28.2. The molecule has 2 aliphatic rings. The lowest BCUT2D eigenvalue weighted by Crippen LogP contribution is -2.39. The highest BCUT2D eigenvalue weighted by Gasteiger charge is 2.41. The van der Waals surface area contributed by atoms with Crippen LogP contribution < -0.4 is 20.0 Å². The highest BCUT2D eigenvalue weighted by molar-refractivity contribution is 6.71. The number of benzene rings is 2. The number of aryl methyl sites for hydroxylation is 3. The molecular weight excluding hydrogens is 326 g/mol. The van der Waals surface area contributed by atoms with Crippen molar-refractivity contribution in [3.05, 3.63) is 59.4 Å². The standard InChI is InChI=1S/C21H19NO2Si/c1-13-8-9-16-18(11-13)25-19-12-14(2)24-21(19)22(16)17-7-3-5-15-6-4-10-23-20(15)17/h3,5,7-9,11-12H,4,6,10H2,1-2H3/q+1. The summed E-state index contributed by atoms with van der Waals surface area (Å²) < 4.78 is 12.2. The van der Waals surface area contributed by atoms with E-state index in [4.69, 9.17) is 9.15 Å². The summed E-state index contributed by atoms with van der Waals surface area (Å²) in [6, 6.07) is 15.3. The molecule has 25 heavy (non-hydrogen) atoms. The lowest BCUT2D eigenvalue weighted by atomic mass is 10.0. The molecular formula is C21H19NO2Si+. The van der Waals surface area contributed by atoms with Crippen LogP contribution in [0.1, 0.15) is 23.3 Å². The molecule has 0 atom stereocenters. The van der Waals surface area contributed by atoms with Crippen LogP contribution in [0, 0.1) is 13.8 Å². The topological polar surface area (TPSA) is 25.6 Å². The molecule has 4 heteroatoms. The number of hydrogen-bond donors (Lipinski definition) is 0. The largest absolute Gasteiger partial charge is 0.575 e. The number of fused-ring (bicyclic) bond motifs is 3. The number of furan rings is 1. The van der Waals surface area contributed by atoms with Crippen molar-refractivity contribution in [2.75, 3.05) is 11.5 Å². The van der Waals surface area contributed by atoms with Gasteiger partial charge in [-0.1, -0.05) is 18.2 Å². The van der Waals surface area contributed by atoms with Gasteiger partial charge >= 0.3 is 9.52 Å². The second kappa shape index (κ2) is 5.53. The Balaban J connectivity index is 1.76. The molecule has 0 amide bonds. The zero-order chi connectivity index (χ0) is 17.0. The zero-order valence-corrected chi connectivity index (χ0v) is 15.4. The van der Waals surface area contributed by atoms with Gasteiger partial charge in [-0.3, -0.25) is 4.90 Å². The Morgan fingerprint density at radius 2 is 1.92 bits per heavy atom. The molecule has 0 aliphatic carbocycles. The lowest BCUT2D eigenvalue weighted by Gasteiger charge is -2.29. The summed E-state index contributed by atoms with van der Waals surface area (Å²) in [6.07, 6.45) is 2.16. The van der Waals surface area contributed by atoms with E-state index in [0.717, 1.165) is 42.5 Å². The Bertz CT molecular complexity index is 976. The lowest BCUT2D eigenvalue weighted by molar-refractivity contribution is 0.289. The van der Waals surface area contributed by atoms with Gasteiger partial charge in [0.15, 0.2) is 10.4 Å². The molecule has 1 radical (unpaired) electrons. The first-order chi connectivity index (χ1) is 12.2. The Kier molecular flexibility index (Phi) is 3.28. The van der Waals surface area contributed by atoms with E-state index in [1.54, 1.807) is 0 Å². The predicted molar refractivity (Wildman–Crippen MR) is 102 cm³/mol. The third kappa shape index (κ3) is 2.32. The van der Waals surface area contributed by atoms with Crippen molar-refractivity contribution in [1.29, 1.82) is 0 Å². The van der Waals surface area contributed by atoms with Crippen molar-refractivity contribution < 1.29 is 9.15 Å². The van der Waals surface area contributed by atoms with Gasteiger partial charge in [0, 0.05) is 6.07 Å². The maximum Gasteiger partial charge on any atom is 0.575 e. The van der Waals surface area contributed by atoms with E-state index in [0.29, 0.717) is 9.52 Å². The first kappa shape index (κ1) is 14.8. The van der Waals surface area contributed by atoms with Gasteiger partial charge in [0.25, 0.3) is 0 Å². The minimum absolute atomic E-state index is 0.625. The number of nitrogens with zero attached hydrogens (tertiary/aromatic N) is 1. The average molecular weight is 345 g/mol. The Labute approximate surface area is 150 Å². The molecule has 2 aromatic carbocycles. The molecule has 2 aliphatic heterocycles. The molecule has 3 nitrogen and oxygen atoms in total. The summed E-state index contributed by atoms with van der Waals surface area (Å²) >= 11 is 0. The predicted octanol–water partition coefficient (Wildman–Crippen LogP) is 3.66. The zero-order valence-electron chi connectivity index (χ0n) is 14.4. The molecule has 5 rings (SSSR count). The van der Waals surface area contributed by atoms with Crippen LogP contribution in [-0.4, -0.2) is 16.1 Å². The minimum Gasteiger partial charge on any atom is -0.491 e. The average Bonchev–Trinajstić information content (AvgIpc) is 2.98. The summed E-state index contributed by atoms with van der Waals surface area (Å²) in [5, 5.41) is 2.63. The van der Waals surface area contributed by atoms with Crippen LogP contribution in [0.3, 0.4) is 0 Å². The molecule has 3 heterocycles. The molecule has 0 unspecified atom stereocenters. The van der Waals surface area contributed by atoms with Gasteiger partial charge in [0.05, 0.1) is 18.0 Å². The fourth-order valence-corrected chi connectivity index (χ4v) is 5.20. The van der Waals surface area contributed by atoms with Crippen molar-refractivity contribution in [3.63, 3.8) is 0 Å². The fourth-order valence-electron chi connectivity index (χ4n) is 3.74. The van der Waals surface area contributed by atoms with Crippen LogP contribution in [-0.2, 0) is 6.42 Å². The van der Waals surface area contributed by atoms with Crippen LogP contribution in [0.5, 0.6) is 5.75 Å². The van der Waals surface area contributed by atoms with Gasteiger partial charge < -0.3 is 9.15 Å². The summed E-state index contributed by atoms with van der Waals surface area (Å²) in [7, 11) is 0.625. The third-order valence-corrected chi connectivity index (χ3v) is 6.15. The van der Waals surface area contributed by atoms with Crippen molar-refractivity contribution in [2.45, 2.75) is 26.7 Å². The monoisotopic (exact) mass is 345 g/mol. The van der Waals surface area contributed by atoms with E-state index in [9.17, 15) is 0 Å². The number of ether oxygens (including phenoxy) is 1. The van der Waals surface area contributed by atoms with Crippen molar-refractivity contribution in [1.82, 2.24) is 0 Å². The Hall–Kier alpha value is -2.46. The number of anilines is 3. The first-order valence-electron chi connectivity index (χ1n) is 8.73.